The highest BCUT2D eigenvalue weighted by molar-refractivity contribution is 6.33. The van der Waals surface area contributed by atoms with Gasteiger partial charge in [0.1, 0.15) is 5.75 Å². The molecule has 34 heavy (non-hydrogen) atoms. The van der Waals surface area contributed by atoms with Crippen molar-refractivity contribution in [2.75, 3.05) is 52.7 Å². The first kappa shape index (κ1) is 26.6. The molecule has 2 fully saturated rings. The van der Waals surface area contributed by atoms with Gasteiger partial charge in [-0.2, -0.15) is 0 Å². The Morgan fingerprint density at radius 1 is 1.18 bits per heavy atom. The zero-order valence-electron chi connectivity index (χ0n) is 20.8. The van der Waals surface area contributed by atoms with E-state index in [1.54, 1.807) is 19.2 Å². The first-order valence-corrected chi connectivity index (χ1v) is 12.6. The van der Waals surface area contributed by atoms with Gasteiger partial charge >= 0.3 is 0 Å². The van der Waals surface area contributed by atoms with Crippen molar-refractivity contribution in [3.8, 4) is 5.75 Å². The van der Waals surface area contributed by atoms with E-state index in [-0.39, 0.29) is 24.0 Å². The van der Waals surface area contributed by atoms with Crippen molar-refractivity contribution in [1.82, 2.24) is 15.1 Å². The van der Waals surface area contributed by atoms with E-state index in [0.717, 1.165) is 52.0 Å². The minimum Gasteiger partial charge on any atom is -0.496 e. The van der Waals surface area contributed by atoms with Gasteiger partial charge in [0.05, 0.1) is 35.5 Å². The van der Waals surface area contributed by atoms with Crippen LogP contribution >= 0.6 is 11.6 Å². The molecule has 2 saturated heterocycles. The maximum absolute atomic E-state index is 13.0. The molecule has 3 N–H and O–H groups in total. The number of likely N-dealkylation sites (tertiary alicyclic amines) is 2. The highest BCUT2D eigenvalue weighted by atomic mass is 35.5. The van der Waals surface area contributed by atoms with Crippen LogP contribution in [0, 0.1) is 11.8 Å². The fraction of sp³-hybridized carbons (Fsp3) is 0.680. The number of amides is 2. The van der Waals surface area contributed by atoms with Crippen molar-refractivity contribution < 1.29 is 19.1 Å². The zero-order chi connectivity index (χ0) is 24.8. The molecule has 1 aromatic carbocycles. The highest BCUT2D eigenvalue weighted by Gasteiger charge is 2.33. The molecular formula is C25H39ClN4O4. The number of benzene rings is 1. The largest absolute Gasteiger partial charge is 0.496 e. The van der Waals surface area contributed by atoms with Crippen LogP contribution in [0.1, 0.15) is 49.9 Å². The second-order valence-electron chi connectivity index (χ2n) is 9.90. The summed E-state index contributed by atoms with van der Waals surface area (Å²) < 4.78 is 11.1. The van der Waals surface area contributed by atoms with Crippen molar-refractivity contribution in [3.63, 3.8) is 0 Å². The summed E-state index contributed by atoms with van der Waals surface area (Å²) in [5.74, 6) is 1.40. The van der Waals surface area contributed by atoms with E-state index in [9.17, 15) is 9.59 Å². The third-order valence-corrected chi connectivity index (χ3v) is 7.22. The summed E-state index contributed by atoms with van der Waals surface area (Å²) in [7, 11) is 3.19. The van der Waals surface area contributed by atoms with Gasteiger partial charge in [0.15, 0.2) is 0 Å². The lowest BCUT2D eigenvalue weighted by atomic mass is 9.93. The maximum Gasteiger partial charge on any atom is 0.255 e. The topological polar surface area (TPSA) is 97.1 Å². The highest BCUT2D eigenvalue weighted by Crippen LogP contribution is 2.29. The number of hydrogen-bond acceptors (Lipinski definition) is 6. The Balaban J connectivity index is 1.51. The molecule has 0 aromatic heterocycles. The van der Waals surface area contributed by atoms with Gasteiger partial charge in [-0.1, -0.05) is 25.4 Å². The molecule has 0 unspecified atom stereocenters. The van der Waals surface area contributed by atoms with Gasteiger partial charge in [0.25, 0.3) is 5.91 Å². The summed E-state index contributed by atoms with van der Waals surface area (Å²) in [6.45, 7) is 8.51. The van der Waals surface area contributed by atoms with E-state index in [1.165, 1.54) is 7.11 Å². The number of rotatable bonds is 8. The molecule has 0 saturated carbocycles. The molecule has 0 bridgehead atoms. The molecular weight excluding hydrogens is 456 g/mol. The zero-order valence-corrected chi connectivity index (χ0v) is 21.6. The Hall–Kier alpha value is -2.03. The molecule has 2 atom stereocenters. The molecule has 1 aromatic rings. The molecule has 2 amide bonds. The van der Waals surface area contributed by atoms with Crippen LogP contribution < -0.4 is 15.8 Å². The number of hydrogen-bond donors (Lipinski definition) is 2. The summed E-state index contributed by atoms with van der Waals surface area (Å²) in [5, 5.41) is 3.42. The molecule has 190 valence electrons. The molecule has 8 nitrogen and oxygen atoms in total. The van der Waals surface area contributed by atoms with E-state index in [0.29, 0.717) is 40.3 Å². The van der Waals surface area contributed by atoms with E-state index >= 15 is 0 Å². The van der Waals surface area contributed by atoms with Crippen LogP contribution in [-0.4, -0.2) is 80.7 Å². The average Bonchev–Trinajstić information content (AvgIpc) is 2.81. The SMILES string of the molecule is COc1cc(N)c(Cl)cc1C(=O)N[C@@H]1CCN(CC2CCN(C(=O)CC(C)C)CC2)C[C@@H]1OC. The molecule has 2 aliphatic heterocycles. The number of carbonyl (C=O) groups is 2. The van der Waals surface area contributed by atoms with Crippen molar-refractivity contribution in [2.24, 2.45) is 11.8 Å². The normalized spacial score (nSPS) is 22.1. The van der Waals surface area contributed by atoms with Crippen LogP contribution in [0.5, 0.6) is 5.75 Å². The Morgan fingerprint density at radius 3 is 2.50 bits per heavy atom. The van der Waals surface area contributed by atoms with Crippen molar-refractivity contribution in [1.29, 1.82) is 0 Å². The van der Waals surface area contributed by atoms with Crippen LogP contribution in [-0.2, 0) is 9.53 Å². The minimum absolute atomic E-state index is 0.106. The van der Waals surface area contributed by atoms with Gasteiger partial charge in [-0.05, 0) is 37.2 Å². The summed E-state index contributed by atoms with van der Waals surface area (Å²) in [6, 6.07) is 3.00. The number of anilines is 1. The van der Waals surface area contributed by atoms with Gasteiger partial charge in [-0.3, -0.25) is 9.59 Å². The third-order valence-electron chi connectivity index (χ3n) is 6.89. The summed E-state index contributed by atoms with van der Waals surface area (Å²) in [6.07, 6.45) is 3.39. The second-order valence-corrected chi connectivity index (χ2v) is 10.3. The number of halogens is 1. The lowest BCUT2D eigenvalue weighted by molar-refractivity contribution is -0.133. The molecule has 0 radical (unpaired) electrons. The number of ether oxygens (including phenoxy) is 2. The van der Waals surface area contributed by atoms with Gasteiger partial charge in [0.2, 0.25) is 5.91 Å². The quantitative estimate of drug-likeness (QED) is 0.539. The van der Waals surface area contributed by atoms with Gasteiger partial charge in [0, 0.05) is 52.3 Å². The number of nitrogens with two attached hydrogens (primary N) is 1. The Labute approximate surface area is 208 Å². The first-order chi connectivity index (χ1) is 16.2. The molecule has 9 heteroatoms. The van der Waals surface area contributed by atoms with Gasteiger partial charge in [-0.25, -0.2) is 0 Å². The van der Waals surface area contributed by atoms with Crippen LogP contribution in [0.4, 0.5) is 5.69 Å². The molecule has 2 aliphatic rings. The van der Waals surface area contributed by atoms with E-state index in [1.807, 2.05) is 4.90 Å². The van der Waals surface area contributed by atoms with Crippen LogP contribution in [0.15, 0.2) is 12.1 Å². The fourth-order valence-electron chi connectivity index (χ4n) is 4.92. The Morgan fingerprint density at radius 2 is 1.88 bits per heavy atom. The summed E-state index contributed by atoms with van der Waals surface area (Å²) in [5.41, 5.74) is 6.57. The lowest BCUT2D eigenvalue weighted by Crippen LogP contribution is -2.55. The predicted molar refractivity (Wildman–Crippen MR) is 134 cm³/mol. The van der Waals surface area contributed by atoms with E-state index < -0.39 is 0 Å². The number of piperidine rings is 2. The molecule has 0 aliphatic carbocycles. The molecule has 2 heterocycles. The number of nitrogen functional groups attached to an aromatic ring is 1. The predicted octanol–water partition coefficient (Wildman–Crippen LogP) is 3.03. The number of nitrogens with zero attached hydrogens (tertiary/aromatic N) is 2. The van der Waals surface area contributed by atoms with E-state index in [4.69, 9.17) is 26.8 Å². The Kier molecular flexibility index (Phi) is 9.45. The van der Waals surface area contributed by atoms with Gasteiger partial charge in [-0.15, -0.1) is 0 Å². The van der Waals surface area contributed by atoms with E-state index in [2.05, 4.69) is 24.1 Å². The number of carbonyl (C=O) groups excluding carboxylic acids is 2. The standard InChI is InChI=1S/C25H39ClN4O4/c1-16(2)11-24(31)30-9-5-17(6-10-30)14-29-8-7-21(23(15-29)34-4)28-25(32)18-12-19(26)20(27)13-22(18)33-3/h12-13,16-17,21,23H,5-11,14-15,27H2,1-4H3,(H,28,32)/t21-,23+/m1/s1. The van der Waals surface area contributed by atoms with Crippen molar-refractivity contribution in [3.05, 3.63) is 22.7 Å². The van der Waals surface area contributed by atoms with Gasteiger partial charge < -0.3 is 30.3 Å². The van der Waals surface area contributed by atoms with Crippen molar-refractivity contribution >= 4 is 29.1 Å². The second kappa shape index (κ2) is 12.1. The number of methoxy groups -OCH3 is 2. The van der Waals surface area contributed by atoms with Crippen LogP contribution in [0.2, 0.25) is 5.02 Å². The third kappa shape index (κ3) is 6.77. The van der Waals surface area contributed by atoms with Crippen LogP contribution in [0.3, 0.4) is 0 Å². The summed E-state index contributed by atoms with van der Waals surface area (Å²) >= 11 is 6.13. The average molecular weight is 495 g/mol. The lowest BCUT2D eigenvalue weighted by Gasteiger charge is -2.41. The monoisotopic (exact) mass is 494 g/mol. The number of nitrogens with one attached hydrogen (secondary N) is 1. The maximum atomic E-state index is 13.0. The fourth-order valence-corrected chi connectivity index (χ4v) is 5.08. The van der Waals surface area contributed by atoms with Crippen molar-refractivity contribution in [2.45, 2.75) is 51.7 Å². The smallest absolute Gasteiger partial charge is 0.255 e. The van der Waals surface area contributed by atoms with Crippen LogP contribution in [0.25, 0.3) is 0 Å². The Bertz CT molecular complexity index is 858. The summed E-state index contributed by atoms with van der Waals surface area (Å²) in [4.78, 5) is 29.8. The first-order valence-electron chi connectivity index (χ1n) is 12.2. The molecule has 0 spiro atoms. The minimum atomic E-state index is -0.252. The molecule has 3 rings (SSSR count).